The van der Waals surface area contributed by atoms with Gasteiger partial charge in [-0.25, -0.2) is 0 Å². The molecule has 2 rings (SSSR count). The highest BCUT2D eigenvalue weighted by Gasteiger charge is 2.12. The number of rotatable bonds is 4. The van der Waals surface area contributed by atoms with Crippen LogP contribution in [0.25, 0.3) is 0 Å². The molecule has 0 spiro atoms. The Bertz CT molecular complexity index is 346. The third-order valence-electron chi connectivity index (χ3n) is 2.86. The molecule has 0 bridgehead atoms. The van der Waals surface area contributed by atoms with Gasteiger partial charge in [0, 0.05) is 12.8 Å². The number of piperidine rings is 1. The van der Waals surface area contributed by atoms with E-state index in [-0.39, 0.29) is 0 Å². The second kappa shape index (κ2) is 5.77. The summed E-state index contributed by atoms with van der Waals surface area (Å²) in [5.41, 5.74) is 2.08. The number of ether oxygens (including phenoxy) is 1. The fourth-order valence-corrected chi connectivity index (χ4v) is 1.95. The lowest BCUT2D eigenvalue weighted by Gasteiger charge is -2.23. The minimum atomic E-state index is 0.345. The molecule has 86 valence electrons. The zero-order valence-electron chi connectivity index (χ0n) is 9.41. The molecule has 1 fully saturated rings. The Kier molecular flexibility index (Phi) is 4.08. The molecule has 1 unspecified atom stereocenters. The SMILES string of the molecule is N=Cc1cccc(COC2CCCNC2)c1. The van der Waals surface area contributed by atoms with Crippen LogP contribution in [-0.4, -0.2) is 25.4 Å². The van der Waals surface area contributed by atoms with Crippen molar-refractivity contribution in [3.8, 4) is 0 Å². The van der Waals surface area contributed by atoms with Crippen LogP contribution in [0, 0.1) is 5.41 Å². The molecule has 1 heterocycles. The number of hydrogen-bond donors (Lipinski definition) is 2. The molecule has 1 aliphatic rings. The van der Waals surface area contributed by atoms with E-state index in [1.807, 2.05) is 24.3 Å². The van der Waals surface area contributed by atoms with Crippen molar-refractivity contribution >= 4 is 6.21 Å². The van der Waals surface area contributed by atoms with Crippen molar-refractivity contribution in [2.75, 3.05) is 13.1 Å². The van der Waals surface area contributed by atoms with Crippen molar-refractivity contribution < 1.29 is 4.74 Å². The topological polar surface area (TPSA) is 45.1 Å². The first-order chi connectivity index (χ1) is 7.88. The highest BCUT2D eigenvalue weighted by Crippen LogP contribution is 2.10. The molecule has 2 N–H and O–H groups in total. The lowest BCUT2D eigenvalue weighted by atomic mass is 10.1. The Labute approximate surface area is 96.3 Å². The van der Waals surface area contributed by atoms with Gasteiger partial charge in [-0.05, 0) is 36.6 Å². The minimum absolute atomic E-state index is 0.345. The summed E-state index contributed by atoms with van der Waals surface area (Å²) in [6, 6.07) is 7.95. The Morgan fingerprint density at radius 1 is 1.50 bits per heavy atom. The monoisotopic (exact) mass is 218 g/mol. The molecule has 1 aliphatic heterocycles. The van der Waals surface area contributed by atoms with Crippen molar-refractivity contribution in [2.45, 2.75) is 25.6 Å². The number of benzene rings is 1. The maximum absolute atomic E-state index is 7.19. The summed E-state index contributed by atoms with van der Waals surface area (Å²) in [6.45, 7) is 2.72. The summed E-state index contributed by atoms with van der Waals surface area (Å²) in [4.78, 5) is 0. The largest absolute Gasteiger partial charge is 0.372 e. The van der Waals surface area contributed by atoms with Crippen LogP contribution in [0.5, 0.6) is 0 Å². The van der Waals surface area contributed by atoms with E-state index in [1.165, 1.54) is 12.6 Å². The molecule has 1 saturated heterocycles. The fourth-order valence-electron chi connectivity index (χ4n) is 1.95. The fraction of sp³-hybridized carbons (Fsp3) is 0.462. The van der Waals surface area contributed by atoms with E-state index in [0.29, 0.717) is 12.7 Å². The molecule has 16 heavy (non-hydrogen) atoms. The van der Waals surface area contributed by atoms with Crippen molar-refractivity contribution in [1.29, 1.82) is 5.41 Å². The minimum Gasteiger partial charge on any atom is -0.372 e. The van der Waals surface area contributed by atoms with Gasteiger partial charge in [0.15, 0.2) is 0 Å². The van der Waals surface area contributed by atoms with Crippen LogP contribution in [0.1, 0.15) is 24.0 Å². The van der Waals surface area contributed by atoms with Crippen LogP contribution in [0.15, 0.2) is 24.3 Å². The third-order valence-corrected chi connectivity index (χ3v) is 2.86. The number of hydrogen-bond acceptors (Lipinski definition) is 3. The lowest BCUT2D eigenvalue weighted by molar-refractivity contribution is 0.0253. The summed E-state index contributed by atoms with van der Waals surface area (Å²) >= 11 is 0. The van der Waals surface area contributed by atoms with E-state index in [4.69, 9.17) is 10.1 Å². The van der Waals surface area contributed by atoms with Gasteiger partial charge in [0.25, 0.3) is 0 Å². The van der Waals surface area contributed by atoms with Gasteiger partial charge in [0.1, 0.15) is 0 Å². The first-order valence-corrected chi connectivity index (χ1v) is 5.80. The van der Waals surface area contributed by atoms with Gasteiger partial charge in [0.2, 0.25) is 0 Å². The molecule has 1 aromatic rings. The predicted octanol–water partition coefficient (Wildman–Crippen LogP) is 1.95. The quantitative estimate of drug-likeness (QED) is 0.759. The van der Waals surface area contributed by atoms with Gasteiger partial charge in [-0.1, -0.05) is 18.2 Å². The first kappa shape index (κ1) is 11.3. The van der Waals surface area contributed by atoms with Crippen LogP contribution >= 0.6 is 0 Å². The summed E-state index contributed by atoms with van der Waals surface area (Å²) in [5.74, 6) is 0. The van der Waals surface area contributed by atoms with Crippen molar-refractivity contribution in [3.05, 3.63) is 35.4 Å². The van der Waals surface area contributed by atoms with E-state index < -0.39 is 0 Å². The normalized spacial score (nSPS) is 20.6. The Balaban J connectivity index is 1.85. The Hall–Kier alpha value is -1.19. The highest BCUT2D eigenvalue weighted by molar-refractivity contribution is 5.77. The molecule has 0 amide bonds. The van der Waals surface area contributed by atoms with Crippen LogP contribution < -0.4 is 5.32 Å². The molecular formula is C13H18N2O. The van der Waals surface area contributed by atoms with Gasteiger partial charge < -0.3 is 15.5 Å². The molecule has 0 saturated carbocycles. The zero-order chi connectivity index (χ0) is 11.2. The molecule has 0 radical (unpaired) electrons. The van der Waals surface area contributed by atoms with Crippen molar-refractivity contribution in [1.82, 2.24) is 5.32 Å². The Morgan fingerprint density at radius 3 is 3.19 bits per heavy atom. The van der Waals surface area contributed by atoms with Gasteiger partial charge in [-0.2, -0.15) is 0 Å². The van der Waals surface area contributed by atoms with E-state index >= 15 is 0 Å². The number of nitrogens with one attached hydrogen (secondary N) is 2. The molecule has 3 heteroatoms. The molecule has 0 aromatic heterocycles. The van der Waals surface area contributed by atoms with Crippen molar-refractivity contribution in [3.63, 3.8) is 0 Å². The van der Waals surface area contributed by atoms with Crippen LogP contribution in [0.3, 0.4) is 0 Å². The maximum Gasteiger partial charge on any atom is 0.0721 e. The summed E-state index contributed by atoms with van der Waals surface area (Å²) in [5, 5.41) is 10.5. The third kappa shape index (κ3) is 3.15. The average molecular weight is 218 g/mol. The molecule has 3 nitrogen and oxygen atoms in total. The second-order valence-corrected chi connectivity index (χ2v) is 4.17. The van der Waals surface area contributed by atoms with Crippen LogP contribution in [0.4, 0.5) is 0 Å². The van der Waals surface area contributed by atoms with E-state index in [0.717, 1.165) is 30.6 Å². The molecule has 0 aliphatic carbocycles. The standard InChI is InChI=1S/C13H18N2O/c14-8-11-3-1-4-12(7-11)10-16-13-5-2-6-15-9-13/h1,3-4,7-8,13-15H,2,5-6,9-10H2. The van der Waals surface area contributed by atoms with Gasteiger partial charge in [-0.3, -0.25) is 0 Å². The van der Waals surface area contributed by atoms with Crippen LogP contribution in [-0.2, 0) is 11.3 Å². The van der Waals surface area contributed by atoms with Gasteiger partial charge in [-0.15, -0.1) is 0 Å². The summed E-state index contributed by atoms with van der Waals surface area (Å²) in [7, 11) is 0. The first-order valence-electron chi connectivity index (χ1n) is 5.80. The summed E-state index contributed by atoms with van der Waals surface area (Å²) < 4.78 is 5.83. The smallest absolute Gasteiger partial charge is 0.0721 e. The van der Waals surface area contributed by atoms with Crippen LogP contribution in [0.2, 0.25) is 0 Å². The van der Waals surface area contributed by atoms with Crippen molar-refractivity contribution in [2.24, 2.45) is 0 Å². The Morgan fingerprint density at radius 2 is 2.44 bits per heavy atom. The predicted molar refractivity (Wildman–Crippen MR) is 65.0 cm³/mol. The summed E-state index contributed by atoms with van der Waals surface area (Å²) in [6.07, 6.45) is 4.06. The molecular weight excluding hydrogens is 200 g/mol. The molecule has 1 aromatic carbocycles. The zero-order valence-corrected chi connectivity index (χ0v) is 9.41. The van der Waals surface area contributed by atoms with E-state index in [1.54, 1.807) is 0 Å². The van der Waals surface area contributed by atoms with E-state index in [9.17, 15) is 0 Å². The average Bonchev–Trinajstić information content (AvgIpc) is 2.38. The lowest BCUT2D eigenvalue weighted by Crippen LogP contribution is -2.35. The maximum atomic E-state index is 7.19. The highest BCUT2D eigenvalue weighted by atomic mass is 16.5. The van der Waals surface area contributed by atoms with Gasteiger partial charge >= 0.3 is 0 Å². The van der Waals surface area contributed by atoms with E-state index in [2.05, 4.69) is 5.32 Å². The second-order valence-electron chi connectivity index (χ2n) is 4.17. The van der Waals surface area contributed by atoms with Gasteiger partial charge in [0.05, 0.1) is 12.7 Å². The molecule has 1 atom stereocenters.